The molecule has 0 aliphatic carbocycles. The molecule has 0 saturated heterocycles. The highest BCUT2D eigenvalue weighted by Gasteiger charge is 2.24. The summed E-state index contributed by atoms with van der Waals surface area (Å²) in [6, 6.07) is 7.91. The number of benzene rings is 1. The van der Waals surface area contributed by atoms with Crippen LogP contribution in [0.4, 0.5) is 5.88 Å². The number of furan rings is 1. The Labute approximate surface area is 123 Å². The van der Waals surface area contributed by atoms with Gasteiger partial charge in [0.05, 0.1) is 11.8 Å². The Balaban J connectivity index is 2.12. The molecule has 0 saturated carbocycles. The predicted octanol–water partition coefficient (Wildman–Crippen LogP) is 4.28. The summed E-state index contributed by atoms with van der Waals surface area (Å²) in [6.07, 6.45) is 6.12. The van der Waals surface area contributed by atoms with Gasteiger partial charge >= 0.3 is 0 Å². The minimum Gasteiger partial charge on any atom is -0.504 e. The molecule has 2 N–H and O–H groups in total. The fourth-order valence-electron chi connectivity index (χ4n) is 2.38. The molecule has 4 nitrogen and oxygen atoms in total. The van der Waals surface area contributed by atoms with E-state index in [2.05, 4.69) is 5.32 Å². The van der Waals surface area contributed by atoms with Crippen LogP contribution in [0.3, 0.4) is 0 Å². The molecule has 1 aliphatic rings. The highest BCUT2D eigenvalue weighted by atomic mass is 16.5. The van der Waals surface area contributed by atoms with Crippen molar-refractivity contribution in [3.05, 3.63) is 54.0 Å². The van der Waals surface area contributed by atoms with Crippen molar-refractivity contribution in [2.24, 2.45) is 0 Å². The Morgan fingerprint density at radius 3 is 2.81 bits per heavy atom. The zero-order valence-corrected chi connectivity index (χ0v) is 12.0. The quantitative estimate of drug-likeness (QED) is 0.883. The lowest BCUT2D eigenvalue weighted by molar-refractivity contribution is 0.387. The van der Waals surface area contributed by atoms with Crippen molar-refractivity contribution in [2.45, 2.75) is 13.3 Å². The molecule has 2 aromatic rings. The standard InChI is InChI=1S/C17H17NO3/c1-11-6-5-7-12(10-11)14-15(19)16(21-17(14)18-2)13-8-3-4-9-20-13/h4-10,18-19H,3H2,1-2H3. The molecule has 21 heavy (non-hydrogen) atoms. The number of ether oxygens (including phenoxy) is 1. The molecule has 0 spiro atoms. The van der Waals surface area contributed by atoms with Crippen molar-refractivity contribution < 1.29 is 14.3 Å². The molecule has 0 fully saturated rings. The van der Waals surface area contributed by atoms with Gasteiger partial charge in [-0.15, -0.1) is 0 Å². The van der Waals surface area contributed by atoms with Gasteiger partial charge in [0.15, 0.2) is 11.5 Å². The number of hydrogen-bond acceptors (Lipinski definition) is 4. The second kappa shape index (κ2) is 5.40. The normalized spacial score (nSPS) is 13.7. The Morgan fingerprint density at radius 1 is 1.29 bits per heavy atom. The van der Waals surface area contributed by atoms with Crippen molar-refractivity contribution in [3.63, 3.8) is 0 Å². The summed E-state index contributed by atoms with van der Waals surface area (Å²) in [4.78, 5) is 0. The molecule has 3 rings (SSSR count). The van der Waals surface area contributed by atoms with E-state index in [1.165, 1.54) is 0 Å². The molecule has 2 heterocycles. The number of anilines is 1. The van der Waals surface area contributed by atoms with E-state index in [4.69, 9.17) is 9.15 Å². The lowest BCUT2D eigenvalue weighted by atomic mass is 10.0. The molecule has 0 bridgehead atoms. The first-order valence-electron chi connectivity index (χ1n) is 6.83. The first-order valence-corrected chi connectivity index (χ1v) is 6.83. The first-order chi connectivity index (χ1) is 10.2. The Kier molecular flexibility index (Phi) is 3.44. The molecular weight excluding hydrogens is 266 g/mol. The van der Waals surface area contributed by atoms with Crippen molar-refractivity contribution >= 4 is 11.6 Å². The van der Waals surface area contributed by atoms with Crippen LogP contribution in [0.5, 0.6) is 5.75 Å². The van der Waals surface area contributed by atoms with E-state index in [0.717, 1.165) is 17.5 Å². The van der Waals surface area contributed by atoms with E-state index in [0.29, 0.717) is 23.0 Å². The Hall–Kier alpha value is -2.62. The highest BCUT2D eigenvalue weighted by Crippen LogP contribution is 2.44. The van der Waals surface area contributed by atoms with E-state index in [-0.39, 0.29) is 5.75 Å². The molecule has 0 radical (unpaired) electrons. The third-order valence-electron chi connectivity index (χ3n) is 3.37. The fraction of sp³-hybridized carbons (Fsp3) is 0.176. The third kappa shape index (κ3) is 2.40. The van der Waals surface area contributed by atoms with Crippen molar-refractivity contribution in [3.8, 4) is 16.9 Å². The smallest absolute Gasteiger partial charge is 0.213 e. The fourth-order valence-corrected chi connectivity index (χ4v) is 2.38. The van der Waals surface area contributed by atoms with Crippen LogP contribution in [0.25, 0.3) is 16.9 Å². The summed E-state index contributed by atoms with van der Waals surface area (Å²) in [7, 11) is 1.76. The van der Waals surface area contributed by atoms with Gasteiger partial charge in [0.25, 0.3) is 0 Å². The lowest BCUT2D eigenvalue weighted by Crippen LogP contribution is -1.88. The number of hydrogen-bond donors (Lipinski definition) is 2. The van der Waals surface area contributed by atoms with Crippen LogP contribution in [-0.2, 0) is 4.74 Å². The van der Waals surface area contributed by atoms with Crippen molar-refractivity contribution in [1.29, 1.82) is 0 Å². The number of nitrogens with one attached hydrogen (secondary N) is 1. The molecule has 0 unspecified atom stereocenters. The van der Waals surface area contributed by atoms with Crippen LogP contribution in [0.15, 0.2) is 47.1 Å². The maximum atomic E-state index is 10.6. The molecule has 0 amide bonds. The summed E-state index contributed by atoms with van der Waals surface area (Å²) in [5.41, 5.74) is 2.67. The monoisotopic (exact) mass is 283 g/mol. The number of allylic oxidation sites excluding steroid dienone is 2. The summed E-state index contributed by atoms with van der Waals surface area (Å²) < 4.78 is 11.2. The van der Waals surface area contributed by atoms with Gasteiger partial charge in [-0.2, -0.15) is 0 Å². The minimum atomic E-state index is 0.0894. The first kappa shape index (κ1) is 13.4. The third-order valence-corrected chi connectivity index (χ3v) is 3.37. The SMILES string of the molecule is CNc1oc(C2=CCC=CO2)c(O)c1-c1cccc(C)c1. The van der Waals surface area contributed by atoms with E-state index in [9.17, 15) is 5.11 Å². The van der Waals surface area contributed by atoms with Crippen molar-refractivity contribution in [2.75, 3.05) is 12.4 Å². The molecular formula is C17H17NO3. The topological polar surface area (TPSA) is 54.6 Å². The van der Waals surface area contributed by atoms with Gasteiger partial charge in [0, 0.05) is 7.05 Å². The Morgan fingerprint density at radius 2 is 2.14 bits per heavy atom. The molecule has 4 heteroatoms. The average molecular weight is 283 g/mol. The molecule has 108 valence electrons. The second-order valence-corrected chi connectivity index (χ2v) is 4.90. The van der Waals surface area contributed by atoms with E-state index in [1.54, 1.807) is 13.3 Å². The Bertz CT molecular complexity index is 726. The van der Waals surface area contributed by atoms with E-state index in [1.807, 2.05) is 43.3 Å². The van der Waals surface area contributed by atoms with Crippen LogP contribution in [-0.4, -0.2) is 12.2 Å². The summed E-state index contributed by atoms with van der Waals surface area (Å²) in [5, 5.41) is 13.5. The van der Waals surface area contributed by atoms with Gasteiger partial charge in [-0.05, 0) is 31.1 Å². The molecule has 0 atom stereocenters. The zero-order valence-electron chi connectivity index (χ0n) is 12.0. The van der Waals surface area contributed by atoms with Gasteiger partial charge < -0.3 is 19.6 Å². The largest absolute Gasteiger partial charge is 0.504 e. The van der Waals surface area contributed by atoms with Crippen LogP contribution in [0.2, 0.25) is 0 Å². The van der Waals surface area contributed by atoms with Gasteiger partial charge in [-0.25, -0.2) is 0 Å². The molecule has 1 aliphatic heterocycles. The predicted molar refractivity (Wildman–Crippen MR) is 82.9 cm³/mol. The van der Waals surface area contributed by atoms with Crippen LogP contribution in [0, 0.1) is 6.92 Å². The lowest BCUT2D eigenvalue weighted by Gasteiger charge is -2.07. The minimum absolute atomic E-state index is 0.0894. The second-order valence-electron chi connectivity index (χ2n) is 4.90. The number of aromatic hydroxyl groups is 1. The summed E-state index contributed by atoms with van der Waals surface area (Å²) >= 11 is 0. The van der Waals surface area contributed by atoms with Gasteiger partial charge in [0.1, 0.15) is 0 Å². The number of rotatable bonds is 3. The van der Waals surface area contributed by atoms with Gasteiger partial charge in [-0.1, -0.05) is 29.8 Å². The van der Waals surface area contributed by atoms with Gasteiger partial charge in [0.2, 0.25) is 11.6 Å². The van der Waals surface area contributed by atoms with Crippen molar-refractivity contribution in [1.82, 2.24) is 0 Å². The van der Waals surface area contributed by atoms with E-state index >= 15 is 0 Å². The highest BCUT2D eigenvalue weighted by molar-refractivity contribution is 5.85. The van der Waals surface area contributed by atoms with Crippen LogP contribution < -0.4 is 5.32 Å². The molecule has 1 aromatic carbocycles. The van der Waals surface area contributed by atoms with Crippen LogP contribution in [0.1, 0.15) is 17.7 Å². The van der Waals surface area contributed by atoms with Gasteiger partial charge in [-0.3, -0.25) is 0 Å². The van der Waals surface area contributed by atoms with Crippen LogP contribution >= 0.6 is 0 Å². The summed E-state index contributed by atoms with van der Waals surface area (Å²) in [6.45, 7) is 2.01. The maximum absolute atomic E-state index is 10.6. The zero-order chi connectivity index (χ0) is 14.8. The van der Waals surface area contributed by atoms with E-state index < -0.39 is 0 Å². The number of aryl methyl sites for hydroxylation is 1. The maximum Gasteiger partial charge on any atom is 0.213 e. The summed E-state index contributed by atoms with van der Waals surface area (Å²) in [5.74, 6) is 1.49. The average Bonchev–Trinajstić information content (AvgIpc) is 2.85. The molecule has 1 aromatic heterocycles.